The molecular formula is C23H20F4N4O3. The summed E-state index contributed by atoms with van der Waals surface area (Å²) >= 11 is 0. The molecule has 11 heteroatoms. The van der Waals surface area contributed by atoms with Gasteiger partial charge in [0.2, 0.25) is 0 Å². The highest BCUT2D eigenvalue weighted by Crippen LogP contribution is 2.38. The maximum atomic E-state index is 13.8. The quantitative estimate of drug-likeness (QED) is 0.520. The van der Waals surface area contributed by atoms with Crippen LogP contribution in [0, 0.1) is 5.82 Å². The number of carbonyl (C=O) groups is 2. The highest BCUT2D eigenvalue weighted by Gasteiger charge is 2.44. The van der Waals surface area contributed by atoms with Gasteiger partial charge < -0.3 is 15.3 Å². The Balaban J connectivity index is 1.64. The van der Waals surface area contributed by atoms with Crippen molar-refractivity contribution in [3.8, 4) is 0 Å². The topological polar surface area (TPSA) is 87.5 Å². The Hall–Kier alpha value is -3.89. The first-order valence-electron chi connectivity index (χ1n) is 10.4. The first kappa shape index (κ1) is 23.3. The average Bonchev–Trinajstić information content (AvgIpc) is 3.35. The zero-order valence-electron chi connectivity index (χ0n) is 17.9. The number of hydrogen-bond donors (Lipinski definition) is 2. The predicted octanol–water partition coefficient (Wildman–Crippen LogP) is 4.25. The molecule has 1 amide bonds. The minimum absolute atomic E-state index is 0.0441. The number of amides is 1. The lowest BCUT2D eigenvalue weighted by molar-refractivity contribution is -0.141. The molecule has 0 bridgehead atoms. The summed E-state index contributed by atoms with van der Waals surface area (Å²) in [5.41, 5.74) is -0.618. The fourth-order valence-electron chi connectivity index (χ4n) is 3.89. The molecule has 1 atom stereocenters. The van der Waals surface area contributed by atoms with Crippen molar-refractivity contribution < 1.29 is 32.3 Å². The number of carboxylic acid groups (broad SMARTS) is 1. The molecule has 178 valence electrons. The Morgan fingerprint density at radius 2 is 1.74 bits per heavy atom. The molecule has 2 aromatic carbocycles. The Bertz CT molecular complexity index is 1220. The smallest absolute Gasteiger partial charge is 0.436 e. The molecule has 1 aliphatic heterocycles. The maximum absolute atomic E-state index is 13.8. The van der Waals surface area contributed by atoms with Gasteiger partial charge >= 0.3 is 12.1 Å². The maximum Gasteiger partial charge on any atom is 0.436 e. The first-order valence-corrected chi connectivity index (χ1v) is 10.4. The summed E-state index contributed by atoms with van der Waals surface area (Å²) in [4.78, 5) is 25.7. The van der Waals surface area contributed by atoms with Gasteiger partial charge in [-0.2, -0.15) is 18.3 Å². The minimum atomic E-state index is -4.85. The third-order valence-corrected chi connectivity index (χ3v) is 5.59. The normalized spacial score (nSPS) is 14.1. The van der Waals surface area contributed by atoms with Crippen LogP contribution in [0.3, 0.4) is 0 Å². The molecule has 0 radical (unpaired) electrons. The van der Waals surface area contributed by atoms with E-state index in [9.17, 15) is 27.2 Å². The van der Waals surface area contributed by atoms with E-state index in [1.54, 1.807) is 11.8 Å². The lowest BCUT2D eigenvalue weighted by Gasteiger charge is -2.21. The largest absolute Gasteiger partial charge is 0.478 e. The molecule has 1 aliphatic rings. The van der Waals surface area contributed by atoms with E-state index >= 15 is 0 Å². The number of benzene rings is 2. The number of halogens is 4. The van der Waals surface area contributed by atoms with E-state index in [-0.39, 0.29) is 24.5 Å². The highest BCUT2D eigenvalue weighted by molar-refractivity contribution is 6.01. The highest BCUT2D eigenvalue weighted by atomic mass is 19.4. The van der Waals surface area contributed by atoms with Crippen molar-refractivity contribution in [1.82, 2.24) is 15.1 Å². The van der Waals surface area contributed by atoms with Gasteiger partial charge in [-0.3, -0.25) is 4.79 Å². The number of carboxylic acids is 1. The summed E-state index contributed by atoms with van der Waals surface area (Å²) in [5.74, 6) is -2.45. The van der Waals surface area contributed by atoms with Crippen LogP contribution in [0.25, 0.3) is 0 Å². The van der Waals surface area contributed by atoms with E-state index in [0.717, 1.165) is 4.68 Å². The second-order valence-electron chi connectivity index (χ2n) is 7.94. The number of anilines is 1. The number of alkyl halides is 3. The van der Waals surface area contributed by atoms with Gasteiger partial charge in [0.25, 0.3) is 5.91 Å². The van der Waals surface area contributed by atoms with Gasteiger partial charge in [0, 0.05) is 13.1 Å². The van der Waals surface area contributed by atoms with E-state index in [2.05, 4.69) is 10.4 Å². The van der Waals surface area contributed by atoms with Crippen molar-refractivity contribution in [2.45, 2.75) is 32.2 Å². The van der Waals surface area contributed by atoms with Gasteiger partial charge in [-0.25, -0.2) is 13.9 Å². The van der Waals surface area contributed by atoms with Crippen LogP contribution < -0.4 is 10.2 Å². The Morgan fingerprint density at radius 1 is 1.09 bits per heavy atom. The lowest BCUT2D eigenvalue weighted by Crippen LogP contribution is -2.31. The summed E-state index contributed by atoms with van der Waals surface area (Å²) in [6.45, 7) is 2.26. The van der Waals surface area contributed by atoms with Crippen LogP contribution >= 0.6 is 0 Å². The molecule has 34 heavy (non-hydrogen) atoms. The Kier molecular flexibility index (Phi) is 6.03. The number of nitrogens with zero attached hydrogens (tertiary/aromatic N) is 3. The third kappa shape index (κ3) is 4.59. The molecule has 0 saturated carbocycles. The molecule has 7 nitrogen and oxygen atoms in total. The predicted molar refractivity (Wildman–Crippen MR) is 114 cm³/mol. The minimum Gasteiger partial charge on any atom is -0.478 e. The lowest BCUT2D eigenvalue weighted by atomic mass is 10.1. The summed E-state index contributed by atoms with van der Waals surface area (Å²) in [6.07, 6.45) is -4.85. The summed E-state index contributed by atoms with van der Waals surface area (Å²) < 4.78 is 55.7. The second kappa shape index (κ2) is 8.81. The van der Waals surface area contributed by atoms with Gasteiger partial charge in [0.1, 0.15) is 17.2 Å². The Labute approximate surface area is 191 Å². The fourth-order valence-corrected chi connectivity index (χ4v) is 3.89. The van der Waals surface area contributed by atoms with Gasteiger partial charge in [-0.05, 0) is 42.3 Å². The molecular weight excluding hydrogens is 456 g/mol. The van der Waals surface area contributed by atoms with Gasteiger partial charge in [-0.15, -0.1) is 0 Å². The molecule has 2 N–H and O–H groups in total. The van der Waals surface area contributed by atoms with Gasteiger partial charge in [0.15, 0.2) is 5.69 Å². The number of aromatic carboxylic acids is 1. The standard InChI is InChI=1S/C23H20F4N4O3/c1-13(15-4-6-16(7-5-15)22(33)34)28-20(32)18-19(23(25,26)27)29-31-11-10-30(21(18)31)12-14-2-8-17(24)9-3-14/h2-9,13H,10-12H2,1H3,(H,28,32)(H,33,34)/t13-/m0/s1. The molecule has 0 spiro atoms. The monoisotopic (exact) mass is 476 g/mol. The van der Waals surface area contributed by atoms with Crippen LogP contribution in [0.4, 0.5) is 23.4 Å². The van der Waals surface area contributed by atoms with Crippen LogP contribution in [0.15, 0.2) is 48.5 Å². The molecule has 0 saturated heterocycles. The number of fused-ring (bicyclic) bond motifs is 1. The summed E-state index contributed by atoms with van der Waals surface area (Å²) in [6, 6.07) is 10.6. The SMILES string of the molecule is C[C@H](NC(=O)c1c(C(F)(F)F)nn2c1N(Cc1ccc(F)cc1)CC2)c1ccc(C(=O)O)cc1. The first-order chi connectivity index (χ1) is 16.0. The van der Waals surface area contributed by atoms with Crippen molar-refractivity contribution in [3.05, 3.63) is 82.3 Å². The van der Waals surface area contributed by atoms with E-state index < -0.39 is 41.2 Å². The molecule has 0 aliphatic carbocycles. The van der Waals surface area contributed by atoms with Crippen molar-refractivity contribution >= 4 is 17.7 Å². The van der Waals surface area contributed by atoms with Gasteiger partial charge in [-0.1, -0.05) is 24.3 Å². The number of nitrogens with one attached hydrogen (secondary N) is 1. The molecule has 1 aromatic heterocycles. The van der Waals surface area contributed by atoms with Crippen LogP contribution in [-0.2, 0) is 19.3 Å². The van der Waals surface area contributed by atoms with Crippen molar-refractivity contribution in [2.24, 2.45) is 0 Å². The van der Waals surface area contributed by atoms with E-state index in [1.165, 1.54) is 48.5 Å². The third-order valence-electron chi connectivity index (χ3n) is 5.59. The molecule has 0 unspecified atom stereocenters. The van der Waals surface area contributed by atoms with Crippen LogP contribution in [0.2, 0.25) is 0 Å². The summed E-state index contributed by atoms with van der Waals surface area (Å²) in [5, 5.41) is 15.2. The molecule has 2 heterocycles. The van der Waals surface area contributed by atoms with E-state index in [0.29, 0.717) is 17.7 Å². The molecule has 4 rings (SSSR count). The summed E-state index contributed by atoms with van der Waals surface area (Å²) in [7, 11) is 0. The van der Waals surface area contributed by atoms with E-state index in [1.807, 2.05) is 0 Å². The van der Waals surface area contributed by atoms with E-state index in [4.69, 9.17) is 5.11 Å². The number of hydrogen-bond acceptors (Lipinski definition) is 4. The van der Waals surface area contributed by atoms with Crippen LogP contribution in [0.1, 0.15) is 50.5 Å². The van der Waals surface area contributed by atoms with Crippen molar-refractivity contribution in [2.75, 3.05) is 11.4 Å². The number of aromatic nitrogens is 2. The zero-order valence-corrected chi connectivity index (χ0v) is 17.9. The fraction of sp³-hybridized carbons (Fsp3) is 0.261. The van der Waals surface area contributed by atoms with Crippen molar-refractivity contribution in [1.29, 1.82) is 0 Å². The Morgan fingerprint density at radius 3 is 2.32 bits per heavy atom. The van der Waals surface area contributed by atoms with Gasteiger partial charge in [0.05, 0.1) is 18.2 Å². The van der Waals surface area contributed by atoms with Crippen LogP contribution in [0.5, 0.6) is 0 Å². The molecule has 3 aromatic rings. The second-order valence-corrected chi connectivity index (χ2v) is 7.94. The number of rotatable bonds is 6. The number of carbonyl (C=O) groups excluding carboxylic acids is 1. The average molecular weight is 476 g/mol. The zero-order chi connectivity index (χ0) is 24.6. The molecule has 0 fully saturated rings. The van der Waals surface area contributed by atoms with Crippen LogP contribution in [-0.4, -0.2) is 33.3 Å². The van der Waals surface area contributed by atoms with Crippen molar-refractivity contribution in [3.63, 3.8) is 0 Å².